The number of carbonyl (C=O) groups is 4. The molecule has 6 aliphatic heterocycles. The van der Waals surface area contributed by atoms with E-state index in [1.807, 2.05) is 12.1 Å². The third-order valence-electron chi connectivity index (χ3n) is 12.4. The SMILES string of the molecule is CN1CCN2C(/C=C(\N)c3ccccc3O)=C(N)NCC2C1.O=C1CCC(N2C(=O)c3ccc(N4CCC(CN5CC6CC6C5)C(F)(F)C4)cc3C2=O)C(=O)N1. The lowest BCUT2D eigenvalue weighted by Crippen LogP contribution is -2.58. The number of anilines is 1. The molecule has 0 bridgehead atoms. The van der Waals surface area contributed by atoms with Gasteiger partial charge in [0.2, 0.25) is 11.8 Å². The molecule has 298 valence electrons. The summed E-state index contributed by atoms with van der Waals surface area (Å²) < 4.78 is 30.2. The van der Waals surface area contributed by atoms with E-state index in [0.29, 0.717) is 60.2 Å². The highest BCUT2D eigenvalue weighted by Crippen LogP contribution is 2.46. The first-order chi connectivity index (χ1) is 26.8. The van der Waals surface area contributed by atoms with E-state index in [0.717, 1.165) is 49.9 Å². The Morgan fingerprint density at radius 3 is 2.46 bits per heavy atom. The van der Waals surface area contributed by atoms with Crippen LogP contribution in [0.15, 0.2) is 60.1 Å². The Morgan fingerprint density at radius 2 is 1.73 bits per heavy atom. The van der Waals surface area contributed by atoms with Gasteiger partial charge in [0, 0.05) is 81.6 Å². The summed E-state index contributed by atoms with van der Waals surface area (Å²) in [6, 6.07) is 10.9. The number of nitrogens with one attached hydrogen (secondary N) is 2. The van der Waals surface area contributed by atoms with Gasteiger partial charge in [0.05, 0.1) is 29.4 Å². The van der Waals surface area contributed by atoms with Crippen LogP contribution < -0.4 is 27.0 Å². The maximum atomic E-state index is 15.1. The number of piperazine rings is 1. The lowest BCUT2D eigenvalue weighted by Gasteiger charge is -2.45. The number of aromatic hydroxyl groups is 1. The van der Waals surface area contributed by atoms with Crippen LogP contribution in [0.25, 0.3) is 5.70 Å². The standard InChI is InChI=1S/C24H26F2N4O4.C16H23N5O/c25-24(26)12-29(6-5-15(24)11-28-9-13-7-14(13)10-28)16-1-2-17-18(8-16)23(34)30(22(17)33)19-3-4-20(31)27-21(19)32;1-20-6-7-21-11(10-20)9-19-16(18)14(21)8-13(17)12-4-2-3-5-15(12)22/h1-2,8,13-15,19H,3-7,9-12H2,(H,27,31,32);2-5,8,11,19,22H,6-7,9-10,17-18H2,1H3/b;13-8-. The van der Waals surface area contributed by atoms with Crippen molar-refractivity contribution in [2.75, 3.05) is 70.9 Å². The quantitative estimate of drug-likeness (QED) is 0.268. The molecule has 9 rings (SSSR count). The van der Waals surface area contributed by atoms with Crippen LogP contribution in [0.4, 0.5) is 14.5 Å². The molecule has 14 nitrogen and oxygen atoms in total. The van der Waals surface area contributed by atoms with Crippen molar-refractivity contribution >= 4 is 35.0 Å². The van der Waals surface area contributed by atoms with Crippen LogP contribution in [0.2, 0.25) is 0 Å². The maximum Gasteiger partial charge on any atom is 0.269 e. The van der Waals surface area contributed by atoms with Crippen molar-refractivity contribution < 1.29 is 33.1 Å². The van der Waals surface area contributed by atoms with E-state index in [4.69, 9.17) is 11.5 Å². The molecule has 5 unspecified atom stereocenters. The smallest absolute Gasteiger partial charge is 0.269 e. The Hall–Kier alpha value is -5.22. The number of amides is 4. The number of imide groups is 2. The number of benzene rings is 2. The highest BCUT2D eigenvalue weighted by Gasteiger charge is 2.50. The summed E-state index contributed by atoms with van der Waals surface area (Å²) in [5.41, 5.74) is 15.1. The highest BCUT2D eigenvalue weighted by atomic mass is 19.3. The summed E-state index contributed by atoms with van der Waals surface area (Å²) in [5.74, 6) is -3.67. The van der Waals surface area contributed by atoms with Gasteiger partial charge in [-0.3, -0.25) is 29.4 Å². The summed E-state index contributed by atoms with van der Waals surface area (Å²) in [6.07, 6.45) is 3.56. The number of nitrogens with zero attached hydrogens (tertiary/aromatic N) is 5. The number of hydrogen-bond acceptors (Lipinski definition) is 12. The minimum absolute atomic E-state index is 0.0395. The van der Waals surface area contributed by atoms with E-state index in [-0.39, 0.29) is 29.7 Å². The van der Waals surface area contributed by atoms with Gasteiger partial charge < -0.3 is 41.5 Å². The molecule has 0 spiro atoms. The molecular formula is C40H49F2N9O5. The Labute approximate surface area is 324 Å². The molecule has 56 heavy (non-hydrogen) atoms. The number of carbonyl (C=O) groups excluding carboxylic acids is 4. The van der Waals surface area contributed by atoms with Gasteiger partial charge in [0.15, 0.2) is 0 Å². The average molecular weight is 774 g/mol. The fourth-order valence-corrected chi connectivity index (χ4v) is 9.12. The molecule has 2 aromatic rings. The summed E-state index contributed by atoms with van der Waals surface area (Å²) in [7, 11) is 2.13. The number of piperidine rings is 3. The van der Waals surface area contributed by atoms with Crippen molar-refractivity contribution in [1.82, 2.24) is 30.2 Å². The number of rotatable bonds is 6. The van der Waals surface area contributed by atoms with Crippen LogP contribution >= 0.6 is 0 Å². The monoisotopic (exact) mass is 773 g/mol. The molecule has 4 saturated heterocycles. The number of nitrogens with two attached hydrogens (primary N) is 2. The number of phenols is 1. The van der Waals surface area contributed by atoms with E-state index < -0.39 is 48.1 Å². The minimum Gasteiger partial charge on any atom is -0.507 e. The van der Waals surface area contributed by atoms with Gasteiger partial charge in [0.1, 0.15) is 17.6 Å². The van der Waals surface area contributed by atoms with E-state index in [9.17, 15) is 24.3 Å². The molecule has 4 amide bonds. The van der Waals surface area contributed by atoms with E-state index in [1.54, 1.807) is 29.2 Å². The van der Waals surface area contributed by atoms with Crippen molar-refractivity contribution in [3.05, 3.63) is 76.7 Å². The zero-order valence-electron chi connectivity index (χ0n) is 31.4. The first-order valence-corrected chi connectivity index (χ1v) is 19.4. The Morgan fingerprint density at radius 1 is 0.982 bits per heavy atom. The molecule has 6 heterocycles. The molecule has 16 heteroatoms. The first kappa shape index (κ1) is 37.7. The molecule has 0 radical (unpaired) electrons. The van der Waals surface area contributed by atoms with Crippen molar-refractivity contribution in [3.8, 4) is 5.75 Å². The maximum absolute atomic E-state index is 15.1. The molecule has 5 fully saturated rings. The van der Waals surface area contributed by atoms with Crippen molar-refractivity contribution in [3.63, 3.8) is 0 Å². The summed E-state index contributed by atoms with van der Waals surface area (Å²) in [4.78, 5) is 58.8. The second-order valence-electron chi connectivity index (χ2n) is 16.2. The van der Waals surface area contributed by atoms with Crippen LogP contribution in [0.1, 0.15) is 52.0 Å². The number of halogens is 2. The number of para-hydroxylation sites is 1. The molecule has 7 N–H and O–H groups in total. The molecule has 2 aromatic carbocycles. The minimum atomic E-state index is -2.86. The molecule has 5 atom stereocenters. The number of phenolic OH excluding ortho intramolecular Hbond substituents is 1. The van der Waals surface area contributed by atoms with Crippen LogP contribution in [0.5, 0.6) is 5.75 Å². The normalized spacial score (nSPS) is 28.9. The third kappa shape index (κ3) is 7.27. The van der Waals surface area contributed by atoms with Crippen LogP contribution in [-0.2, 0) is 9.59 Å². The lowest BCUT2D eigenvalue weighted by molar-refractivity contribution is -0.136. The van der Waals surface area contributed by atoms with Crippen LogP contribution in [0.3, 0.4) is 0 Å². The predicted octanol–water partition coefficient (Wildman–Crippen LogP) is 1.54. The number of likely N-dealkylation sites (tertiary alicyclic amines) is 1. The number of hydrogen-bond donors (Lipinski definition) is 5. The second-order valence-corrected chi connectivity index (χ2v) is 16.2. The number of fused-ring (bicyclic) bond motifs is 3. The van der Waals surface area contributed by atoms with Gasteiger partial charge in [-0.15, -0.1) is 0 Å². The Balaban J connectivity index is 0.000000174. The van der Waals surface area contributed by atoms with Gasteiger partial charge in [-0.05, 0) is 74.6 Å². The van der Waals surface area contributed by atoms with Gasteiger partial charge >= 0.3 is 0 Å². The highest BCUT2D eigenvalue weighted by molar-refractivity contribution is 6.23. The zero-order valence-corrected chi connectivity index (χ0v) is 31.4. The molecular weight excluding hydrogens is 724 g/mol. The van der Waals surface area contributed by atoms with E-state index >= 15 is 8.78 Å². The lowest BCUT2D eigenvalue weighted by atomic mass is 9.91. The predicted molar refractivity (Wildman–Crippen MR) is 204 cm³/mol. The largest absolute Gasteiger partial charge is 0.507 e. The topological polar surface area (TPSA) is 181 Å². The van der Waals surface area contributed by atoms with Crippen LogP contribution in [-0.4, -0.2) is 132 Å². The molecule has 0 aromatic heterocycles. The average Bonchev–Trinajstić information content (AvgIpc) is 3.69. The van der Waals surface area contributed by atoms with Crippen molar-refractivity contribution in [2.45, 2.75) is 43.7 Å². The molecule has 7 aliphatic rings. The third-order valence-corrected chi connectivity index (χ3v) is 12.4. The first-order valence-electron chi connectivity index (χ1n) is 19.4. The van der Waals surface area contributed by atoms with Crippen LogP contribution in [0, 0.1) is 17.8 Å². The van der Waals surface area contributed by atoms with Gasteiger partial charge in [-0.25, -0.2) is 8.78 Å². The summed E-state index contributed by atoms with van der Waals surface area (Å²) >= 11 is 0. The summed E-state index contributed by atoms with van der Waals surface area (Å²) in [6.45, 7) is 6.05. The Kier molecular flexibility index (Phi) is 9.89. The van der Waals surface area contributed by atoms with Gasteiger partial charge in [0.25, 0.3) is 17.7 Å². The van der Waals surface area contributed by atoms with Gasteiger partial charge in [-0.1, -0.05) is 12.1 Å². The number of likely N-dealkylation sites (N-methyl/N-ethyl adjacent to an activating group) is 1. The number of alkyl halides is 2. The summed E-state index contributed by atoms with van der Waals surface area (Å²) in [5, 5.41) is 15.4. The fourth-order valence-electron chi connectivity index (χ4n) is 9.12. The van der Waals surface area contributed by atoms with Crippen molar-refractivity contribution in [2.24, 2.45) is 29.2 Å². The zero-order chi connectivity index (χ0) is 39.5. The van der Waals surface area contributed by atoms with Crippen molar-refractivity contribution in [1.29, 1.82) is 0 Å². The fraction of sp³-hybridized carbons (Fsp3) is 0.500. The van der Waals surface area contributed by atoms with Gasteiger partial charge in [-0.2, -0.15) is 0 Å². The Bertz CT molecular complexity index is 2000. The molecule has 1 saturated carbocycles. The number of allylic oxidation sites excluding steroid dienone is 1. The molecule has 1 aliphatic carbocycles. The second kappa shape index (κ2) is 14.7. The van der Waals surface area contributed by atoms with E-state index in [2.05, 4.69) is 32.4 Å². The van der Waals surface area contributed by atoms with E-state index in [1.165, 1.54) is 18.6 Å².